The predicted molar refractivity (Wildman–Crippen MR) is 85.1 cm³/mol. The normalized spacial score (nSPS) is 17.4. The van der Waals surface area contributed by atoms with Crippen LogP contribution in [-0.4, -0.2) is 23.7 Å². The minimum atomic E-state index is -1.52. The van der Waals surface area contributed by atoms with Crippen molar-refractivity contribution >= 4 is 17.7 Å². The predicted octanol–water partition coefficient (Wildman–Crippen LogP) is 3.89. The lowest BCUT2D eigenvalue weighted by Gasteiger charge is -2.24. The lowest BCUT2D eigenvalue weighted by molar-refractivity contribution is -0.128. The van der Waals surface area contributed by atoms with Gasteiger partial charge >= 0.3 is 0 Å². The van der Waals surface area contributed by atoms with E-state index >= 15 is 0 Å². The van der Waals surface area contributed by atoms with Crippen molar-refractivity contribution in [1.29, 1.82) is 0 Å². The number of thioether (sulfide) groups is 1. The summed E-state index contributed by atoms with van der Waals surface area (Å²) in [5.74, 6) is -3.26. The monoisotopic (exact) mass is 353 g/mol. The van der Waals surface area contributed by atoms with Gasteiger partial charge in [-0.25, -0.2) is 13.2 Å². The minimum absolute atomic E-state index is 0.0525. The molecule has 2 aromatic rings. The van der Waals surface area contributed by atoms with Crippen molar-refractivity contribution in [2.24, 2.45) is 0 Å². The van der Waals surface area contributed by atoms with Crippen LogP contribution in [0.5, 0.6) is 5.75 Å². The molecule has 0 bridgehead atoms. The molecule has 1 aliphatic rings. The number of halogens is 3. The fraction of sp³-hybridized carbons (Fsp3) is 0.235. The molecule has 3 rings (SSSR count). The molecule has 1 heterocycles. The Labute approximate surface area is 141 Å². The molecule has 0 radical (unpaired) electrons. The number of hydrogen-bond acceptors (Lipinski definition) is 3. The maximum absolute atomic E-state index is 13.9. The van der Waals surface area contributed by atoms with Crippen LogP contribution in [0.4, 0.5) is 13.2 Å². The van der Waals surface area contributed by atoms with Gasteiger partial charge in [-0.1, -0.05) is 18.2 Å². The van der Waals surface area contributed by atoms with E-state index < -0.39 is 17.5 Å². The highest BCUT2D eigenvalue weighted by atomic mass is 32.2. The van der Waals surface area contributed by atoms with Gasteiger partial charge in [-0.3, -0.25) is 4.79 Å². The molecule has 2 aromatic carbocycles. The molecule has 0 spiro atoms. The number of rotatable bonds is 4. The fourth-order valence-corrected chi connectivity index (χ4v) is 3.73. The van der Waals surface area contributed by atoms with Gasteiger partial charge < -0.3 is 9.64 Å². The smallest absolute Gasteiger partial charge is 0.234 e. The summed E-state index contributed by atoms with van der Waals surface area (Å²) in [7, 11) is 1.56. The first kappa shape index (κ1) is 16.7. The van der Waals surface area contributed by atoms with Crippen LogP contribution in [0, 0.1) is 17.5 Å². The SMILES string of the molecule is COc1ccc(C2SCC(=O)N2Cc2ccc(F)c(F)c2F)cc1. The van der Waals surface area contributed by atoms with Gasteiger partial charge in [-0.15, -0.1) is 11.8 Å². The Morgan fingerprint density at radius 2 is 1.83 bits per heavy atom. The molecule has 0 aromatic heterocycles. The number of ether oxygens (including phenoxy) is 1. The zero-order chi connectivity index (χ0) is 17.3. The van der Waals surface area contributed by atoms with E-state index in [4.69, 9.17) is 4.74 Å². The second kappa shape index (κ2) is 6.76. The van der Waals surface area contributed by atoms with E-state index in [1.165, 1.54) is 16.7 Å². The molecule has 0 aliphatic carbocycles. The summed E-state index contributed by atoms with van der Waals surface area (Å²) in [5.41, 5.74) is 0.804. The van der Waals surface area contributed by atoms with Crippen LogP contribution in [0.2, 0.25) is 0 Å². The first-order valence-corrected chi connectivity index (χ1v) is 8.23. The van der Waals surface area contributed by atoms with E-state index in [1.807, 2.05) is 12.1 Å². The zero-order valence-corrected chi connectivity index (χ0v) is 13.6. The van der Waals surface area contributed by atoms with Crippen LogP contribution in [0.15, 0.2) is 36.4 Å². The molecule has 1 aliphatic heterocycles. The fourth-order valence-electron chi connectivity index (χ4n) is 2.54. The van der Waals surface area contributed by atoms with Crippen LogP contribution in [0.3, 0.4) is 0 Å². The van der Waals surface area contributed by atoms with Gasteiger partial charge in [0, 0.05) is 5.56 Å². The average Bonchev–Trinajstić information content (AvgIpc) is 2.96. The maximum Gasteiger partial charge on any atom is 0.234 e. The number of hydrogen-bond donors (Lipinski definition) is 0. The summed E-state index contributed by atoms with van der Waals surface area (Å²) in [6, 6.07) is 9.22. The van der Waals surface area contributed by atoms with E-state index in [0.717, 1.165) is 17.7 Å². The molecular weight excluding hydrogens is 339 g/mol. The molecule has 7 heteroatoms. The molecule has 1 saturated heterocycles. The van der Waals surface area contributed by atoms with Crippen molar-refractivity contribution in [3.63, 3.8) is 0 Å². The molecule has 1 atom stereocenters. The Morgan fingerprint density at radius 3 is 2.50 bits per heavy atom. The van der Waals surface area contributed by atoms with E-state index in [1.54, 1.807) is 19.2 Å². The summed E-state index contributed by atoms with van der Waals surface area (Å²) in [6.07, 6.45) is 0. The van der Waals surface area contributed by atoms with Crippen molar-refractivity contribution in [2.45, 2.75) is 11.9 Å². The van der Waals surface area contributed by atoms with Crippen LogP contribution in [0.1, 0.15) is 16.5 Å². The third-order valence-corrected chi connectivity index (χ3v) is 5.08. The molecule has 126 valence electrons. The summed E-state index contributed by atoms with van der Waals surface area (Å²) < 4.78 is 45.4. The van der Waals surface area contributed by atoms with Crippen molar-refractivity contribution in [3.05, 3.63) is 65.0 Å². The van der Waals surface area contributed by atoms with E-state index in [2.05, 4.69) is 0 Å². The Kier molecular flexibility index (Phi) is 4.71. The zero-order valence-electron chi connectivity index (χ0n) is 12.8. The van der Waals surface area contributed by atoms with Crippen LogP contribution in [0.25, 0.3) is 0 Å². The van der Waals surface area contributed by atoms with Crippen molar-refractivity contribution in [2.75, 3.05) is 12.9 Å². The molecule has 3 nitrogen and oxygen atoms in total. The largest absolute Gasteiger partial charge is 0.497 e. The Balaban J connectivity index is 1.87. The molecule has 0 N–H and O–H groups in total. The number of methoxy groups -OCH3 is 1. The second-order valence-corrected chi connectivity index (χ2v) is 6.36. The van der Waals surface area contributed by atoms with Gasteiger partial charge in [0.2, 0.25) is 5.91 Å². The minimum Gasteiger partial charge on any atom is -0.497 e. The Bertz CT molecular complexity index is 767. The molecule has 1 unspecified atom stereocenters. The maximum atomic E-state index is 13.9. The molecule has 0 saturated carbocycles. The average molecular weight is 353 g/mol. The Morgan fingerprint density at radius 1 is 1.12 bits per heavy atom. The van der Waals surface area contributed by atoms with E-state index in [9.17, 15) is 18.0 Å². The van der Waals surface area contributed by atoms with Gasteiger partial charge in [0.1, 0.15) is 11.1 Å². The van der Waals surface area contributed by atoms with E-state index in [0.29, 0.717) is 5.75 Å². The quantitative estimate of drug-likeness (QED) is 0.781. The lowest BCUT2D eigenvalue weighted by Crippen LogP contribution is -2.28. The molecular formula is C17H14F3NO2S. The van der Waals surface area contributed by atoms with Gasteiger partial charge in [0.05, 0.1) is 19.4 Å². The summed E-state index contributed by atoms with van der Waals surface area (Å²) >= 11 is 1.40. The number of nitrogens with zero attached hydrogens (tertiary/aromatic N) is 1. The molecule has 24 heavy (non-hydrogen) atoms. The highest BCUT2D eigenvalue weighted by Gasteiger charge is 2.33. The second-order valence-electron chi connectivity index (χ2n) is 5.29. The lowest BCUT2D eigenvalue weighted by atomic mass is 10.1. The standard InChI is InChI=1S/C17H14F3NO2S/c1-23-12-5-2-10(3-6-12)17-21(14(22)9-24-17)8-11-4-7-13(18)16(20)15(11)19/h2-7,17H,8-9H2,1H3. The van der Waals surface area contributed by atoms with Crippen LogP contribution >= 0.6 is 11.8 Å². The highest BCUT2D eigenvalue weighted by Crippen LogP contribution is 2.40. The third kappa shape index (κ3) is 3.08. The van der Waals surface area contributed by atoms with Crippen molar-refractivity contribution in [3.8, 4) is 5.75 Å². The summed E-state index contributed by atoms with van der Waals surface area (Å²) in [5, 5.41) is -0.309. The summed E-state index contributed by atoms with van der Waals surface area (Å²) in [4.78, 5) is 13.6. The van der Waals surface area contributed by atoms with Gasteiger partial charge in [-0.05, 0) is 23.8 Å². The van der Waals surface area contributed by atoms with Crippen LogP contribution < -0.4 is 4.74 Å². The van der Waals surface area contributed by atoms with Gasteiger partial charge in [0.25, 0.3) is 0 Å². The van der Waals surface area contributed by atoms with Crippen LogP contribution in [-0.2, 0) is 11.3 Å². The Hall–Kier alpha value is -2.15. The number of carbonyl (C=O) groups excluding carboxylic acids is 1. The van der Waals surface area contributed by atoms with Crippen molar-refractivity contribution < 1.29 is 22.7 Å². The first-order valence-electron chi connectivity index (χ1n) is 7.18. The topological polar surface area (TPSA) is 29.5 Å². The summed E-state index contributed by atoms with van der Waals surface area (Å²) in [6.45, 7) is -0.119. The van der Waals surface area contributed by atoms with Crippen molar-refractivity contribution in [1.82, 2.24) is 4.90 Å². The van der Waals surface area contributed by atoms with Gasteiger partial charge in [0.15, 0.2) is 17.5 Å². The highest BCUT2D eigenvalue weighted by molar-refractivity contribution is 8.00. The molecule has 1 fully saturated rings. The first-order chi connectivity index (χ1) is 11.5. The molecule has 1 amide bonds. The number of carbonyl (C=O) groups is 1. The van der Waals surface area contributed by atoms with E-state index in [-0.39, 0.29) is 29.1 Å². The number of benzene rings is 2. The van der Waals surface area contributed by atoms with Gasteiger partial charge in [-0.2, -0.15) is 0 Å². The number of amides is 1. The third-order valence-electron chi connectivity index (χ3n) is 3.82.